The zero-order chi connectivity index (χ0) is 12.3. The van der Waals surface area contributed by atoms with Gasteiger partial charge in [0.15, 0.2) is 18.9 Å². The zero-order valence-electron chi connectivity index (χ0n) is 8.97. The molecule has 0 unspecified atom stereocenters. The number of nitrogens with zero attached hydrogens (tertiary/aromatic N) is 1. The Kier molecular flexibility index (Phi) is 3.40. The Morgan fingerprint density at radius 1 is 1.24 bits per heavy atom. The van der Waals surface area contributed by atoms with Crippen LogP contribution in [0.4, 0.5) is 0 Å². The fourth-order valence-corrected chi connectivity index (χ4v) is 1.67. The molecule has 2 rings (SSSR count). The lowest BCUT2D eigenvalue weighted by Crippen LogP contribution is -2.36. The second kappa shape index (κ2) is 4.97. The van der Waals surface area contributed by atoms with Gasteiger partial charge in [-0.1, -0.05) is 23.7 Å². The van der Waals surface area contributed by atoms with E-state index in [0.29, 0.717) is 11.6 Å². The van der Waals surface area contributed by atoms with Crippen molar-refractivity contribution in [3.8, 4) is 0 Å². The Morgan fingerprint density at radius 3 is 2.59 bits per heavy atom. The van der Waals surface area contributed by atoms with Crippen LogP contribution in [0, 0.1) is 0 Å². The van der Waals surface area contributed by atoms with Crippen LogP contribution in [0.3, 0.4) is 0 Å². The van der Waals surface area contributed by atoms with Gasteiger partial charge in [0.2, 0.25) is 0 Å². The second-order valence-corrected chi connectivity index (χ2v) is 4.12. The molecule has 0 saturated heterocycles. The summed E-state index contributed by atoms with van der Waals surface area (Å²) in [6.45, 7) is 0.596. The Bertz CT molecular complexity index is 537. The molecule has 0 aliphatic carbocycles. The summed E-state index contributed by atoms with van der Waals surface area (Å²) in [5.41, 5.74) is 1.22. The van der Waals surface area contributed by atoms with E-state index in [0.717, 1.165) is 5.56 Å². The molecule has 0 N–H and O–H groups in total. The Hall–Kier alpha value is -1.87. The Balaban J connectivity index is 2.21. The fourth-order valence-electron chi connectivity index (χ4n) is 1.54. The van der Waals surface area contributed by atoms with E-state index < -0.39 is 5.97 Å². The minimum absolute atomic E-state index is 0.168. The normalized spacial score (nSPS) is 10.2. The molecule has 1 aromatic carbocycles. The first-order chi connectivity index (χ1) is 8.15. The first kappa shape index (κ1) is 11.6. The number of aromatic carboxylic acids is 1. The number of carboxylic acids is 1. The van der Waals surface area contributed by atoms with Crippen molar-refractivity contribution in [3.05, 3.63) is 64.9 Å². The van der Waals surface area contributed by atoms with E-state index in [1.165, 1.54) is 6.07 Å². The Morgan fingerprint density at radius 2 is 1.94 bits per heavy atom. The van der Waals surface area contributed by atoms with Crippen LogP contribution in [0.15, 0.2) is 48.8 Å². The predicted octanol–water partition coefficient (Wildman–Crippen LogP) is 1.04. The monoisotopic (exact) mass is 247 g/mol. The number of benzene rings is 1. The number of carbonyl (C=O) groups is 1. The van der Waals surface area contributed by atoms with Crippen molar-refractivity contribution in [1.29, 1.82) is 0 Å². The summed E-state index contributed by atoms with van der Waals surface area (Å²) >= 11 is 5.79. The maximum atomic E-state index is 10.7. The van der Waals surface area contributed by atoms with Gasteiger partial charge >= 0.3 is 0 Å². The van der Waals surface area contributed by atoms with Crippen molar-refractivity contribution < 1.29 is 14.5 Å². The number of pyridine rings is 1. The third kappa shape index (κ3) is 3.04. The molecule has 0 fully saturated rings. The highest BCUT2D eigenvalue weighted by Gasteiger charge is 2.04. The summed E-state index contributed by atoms with van der Waals surface area (Å²) in [7, 11) is 0. The smallest absolute Gasteiger partial charge is 0.178 e. The van der Waals surface area contributed by atoms with Gasteiger partial charge in [-0.25, -0.2) is 4.57 Å². The Labute approximate surface area is 104 Å². The molecular weight excluding hydrogens is 238 g/mol. The summed E-state index contributed by atoms with van der Waals surface area (Å²) in [5, 5.41) is 11.4. The van der Waals surface area contributed by atoms with Crippen molar-refractivity contribution >= 4 is 17.6 Å². The van der Waals surface area contributed by atoms with Crippen molar-refractivity contribution in [1.82, 2.24) is 0 Å². The van der Waals surface area contributed by atoms with Crippen molar-refractivity contribution in [2.24, 2.45) is 0 Å². The van der Waals surface area contributed by atoms with E-state index in [9.17, 15) is 9.90 Å². The third-order valence-corrected chi connectivity index (χ3v) is 2.62. The number of halogens is 1. The van der Waals surface area contributed by atoms with Crippen LogP contribution in [0.1, 0.15) is 15.9 Å². The first-order valence-electron chi connectivity index (χ1n) is 5.10. The standard InChI is InChI=1S/C13H10ClNO2/c14-12-5-3-10(4-6-12)8-15-7-1-2-11(9-15)13(16)17/h1-7,9H,8H2. The number of aromatic nitrogens is 1. The average Bonchev–Trinajstić information content (AvgIpc) is 2.32. The van der Waals surface area contributed by atoms with Gasteiger partial charge in [-0.3, -0.25) is 0 Å². The maximum Gasteiger partial charge on any atom is 0.178 e. The molecule has 0 spiro atoms. The fraction of sp³-hybridized carbons (Fsp3) is 0.0769. The number of hydrogen-bond donors (Lipinski definition) is 0. The van der Waals surface area contributed by atoms with Crippen LogP contribution in [-0.2, 0) is 6.54 Å². The number of rotatable bonds is 3. The summed E-state index contributed by atoms with van der Waals surface area (Å²) < 4.78 is 1.79. The first-order valence-corrected chi connectivity index (χ1v) is 5.48. The summed E-state index contributed by atoms with van der Waals surface area (Å²) in [4.78, 5) is 10.7. The molecule has 0 saturated carbocycles. The molecule has 0 bridgehead atoms. The highest BCUT2D eigenvalue weighted by atomic mass is 35.5. The zero-order valence-corrected chi connectivity index (χ0v) is 9.72. The van der Waals surface area contributed by atoms with E-state index in [4.69, 9.17) is 11.6 Å². The molecule has 0 amide bonds. The maximum absolute atomic E-state index is 10.7. The predicted molar refractivity (Wildman–Crippen MR) is 61.5 cm³/mol. The molecule has 2 aromatic rings. The number of carboxylic acid groups (broad SMARTS) is 1. The van der Waals surface area contributed by atoms with E-state index in [-0.39, 0.29) is 5.56 Å². The lowest BCUT2D eigenvalue weighted by Gasteiger charge is -2.02. The van der Waals surface area contributed by atoms with E-state index in [2.05, 4.69) is 0 Å². The van der Waals surface area contributed by atoms with Crippen LogP contribution < -0.4 is 9.67 Å². The largest absolute Gasteiger partial charge is 0.545 e. The molecule has 3 nitrogen and oxygen atoms in total. The summed E-state index contributed by atoms with van der Waals surface area (Å²) in [6, 6.07) is 10.6. The van der Waals surface area contributed by atoms with E-state index >= 15 is 0 Å². The van der Waals surface area contributed by atoms with Crippen LogP contribution in [0.25, 0.3) is 0 Å². The second-order valence-electron chi connectivity index (χ2n) is 3.68. The molecule has 17 heavy (non-hydrogen) atoms. The summed E-state index contributed by atoms with van der Waals surface area (Å²) in [6.07, 6.45) is 3.35. The molecule has 4 heteroatoms. The van der Waals surface area contributed by atoms with E-state index in [1.54, 1.807) is 35.2 Å². The minimum Gasteiger partial charge on any atom is -0.545 e. The average molecular weight is 248 g/mol. The molecular formula is C13H10ClNO2. The van der Waals surface area contributed by atoms with Gasteiger partial charge in [0, 0.05) is 16.7 Å². The lowest BCUT2D eigenvalue weighted by molar-refractivity contribution is -0.688. The van der Waals surface area contributed by atoms with E-state index in [1.807, 2.05) is 12.1 Å². The molecule has 0 aliphatic rings. The number of carbonyl (C=O) groups excluding carboxylic acids is 1. The highest BCUT2D eigenvalue weighted by Crippen LogP contribution is 2.09. The van der Waals surface area contributed by atoms with Crippen molar-refractivity contribution in [2.75, 3.05) is 0 Å². The SMILES string of the molecule is O=C([O-])c1ccc[n+](Cc2ccc(Cl)cc2)c1. The molecule has 1 aromatic heterocycles. The van der Waals surface area contributed by atoms with Crippen molar-refractivity contribution in [3.63, 3.8) is 0 Å². The summed E-state index contributed by atoms with van der Waals surface area (Å²) in [5.74, 6) is -1.17. The van der Waals surface area contributed by atoms with Gasteiger partial charge in [-0.15, -0.1) is 0 Å². The van der Waals surface area contributed by atoms with Gasteiger partial charge in [0.05, 0.1) is 11.5 Å². The topological polar surface area (TPSA) is 44.0 Å². The van der Waals surface area contributed by atoms with Crippen LogP contribution in [0.2, 0.25) is 5.02 Å². The van der Waals surface area contributed by atoms with Gasteiger partial charge in [-0.05, 0) is 18.2 Å². The van der Waals surface area contributed by atoms with Gasteiger partial charge in [-0.2, -0.15) is 0 Å². The van der Waals surface area contributed by atoms with Gasteiger partial charge in [0.25, 0.3) is 0 Å². The quantitative estimate of drug-likeness (QED) is 0.761. The van der Waals surface area contributed by atoms with Crippen LogP contribution >= 0.6 is 11.6 Å². The number of hydrogen-bond acceptors (Lipinski definition) is 2. The molecule has 0 atom stereocenters. The molecule has 0 radical (unpaired) electrons. The minimum atomic E-state index is -1.17. The van der Waals surface area contributed by atoms with Gasteiger partial charge < -0.3 is 9.90 Å². The third-order valence-electron chi connectivity index (χ3n) is 2.37. The molecule has 0 aliphatic heterocycles. The highest BCUT2D eigenvalue weighted by molar-refractivity contribution is 6.30. The van der Waals surface area contributed by atoms with Crippen LogP contribution in [-0.4, -0.2) is 5.97 Å². The van der Waals surface area contributed by atoms with Crippen LogP contribution in [0.5, 0.6) is 0 Å². The van der Waals surface area contributed by atoms with Gasteiger partial charge in [0.1, 0.15) is 0 Å². The molecule has 86 valence electrons. The van der Waals surface area contributed by atoms with Crippen molar-refractivity contribution in [2.45, 2.75) is 6.54 Å². The molecule has 1 heterocycles. The lowest BCUT2D eigenvalue weighted by atomic mass is 10.2.